The van der Waals surface area contributed by atoms with Crippen molar-refractivity contribution in [3.05, 3.63) is 42.0 Å². The van der Waals surface area contributed by atoms with E-state index in [-0.39, 0.29) is 11.6 Å². The number of aliphatic carboxylic acids is 1. The Kier molecular flexibility index (Phi) is 5.05. The fraction of sp³-hybridized carbons (Fsp3) is 0.333. The van der Waals surface area contributed by atoms with Crippen LogP contribution in [0.2, 0.25) is 0 Å². The van der Waals surface area contributed by atoms with Gasteiger partial charge in [0, 0.05) is 0 Å². The Hall–Kier alpha value is -2.77. The summed E-state index contributed by atoms with van der Waals surface area (Å²) < 4.78 is 12.9. The summed E-state index contributed by atoms with van der Waals surface area (Å²) in [5.74, 6) is -1.99. The van der Waals surface area contributed by atoms with E-state index < -0.39 is 23.7 Å². The number of rotatable bonds is 6. The molecule has 1 heterocycles. The van der Waals surface area contributed by atoms with Crippen molar-refractivity contribution in [3.63, 3.8) is 0 Å². The highest BCUT2D eigenvalue weighted by molar-refractivity contribution is 5.94. The van der Waals surface area contributed by atoms with E-state index in [2.05, 4.69) is 15.5 Å². The van der Waals surface area contributed by atoms with Crippen LogP contribution in [-0.4, -0.2) is 38.0 Å². The molecule has 1 atom stereocenters. The number of amides is 1. The molecule has 0 radical (unpaired) electrons. The molecule has 0 spiro atoms. The zero-order valence-electron chi connectivity index (χ0n) is 12.7. The minimum atomic E-state index is -1.10. The third kappa shape index (κ3) is 4.35. The summed E-state index contributed by atoms with van der Waals surface area (Å²) in [6, 6.07) is 4.45. The van der Waals surface area contributed by atoms with Gasteiger partial charge in [0.2, 0.25) is 0 Å². The first-order valence-corrected chi connectivity index (χ1v) is 7.08. The van der Waals surface area contributed by atoms with Crippen LogP contribution in [0.3, 0.4) is 0 Å². The second-order valence-corrected chi connectivity index (χ2v) is 5.49. The number of nitrogens with zero attached hydrogens (tertiary/aromatic N) is 3. The molecule has 1 amide bonds. The average Bonchev–Trinajstić information content (AvgIpc) is 2.96. The van der Waals surface area contributed by atoms with Crippen LogP contribution in [0, 0.1) is 11.7 Å². The Morgan fingerprint density at radius 2 is 1.96 bits per heavy atom. The van der Waals surface area contributed by atoms with Crippen LogP contribution in [0.1, 0.15) is 30.8 Å². The molecule has 0 saturated heterocycles. The predicted octanol–water partition coefficient (Wildman–Crippen LogP) is 1.64. The van der Waals surface area contributed by atoms with E-state index in [1.807, 2.05) is 13.8 Å². The number of halogens is 1. The molecular formula is C15H17FN4O3. The number of hydrogen-bond acceptors (Lipinski definition) is 4. The minimum absolute atomic E-state index is 0.00988. The molecule has 1 aromatic carbocycles. The zero-order chi connectivity index (χ0) is 17.0. The van der Waals surface area contributed by atoms with Crippen LogP contribution in [0.4, 0.5) is 4.39 Å². The summed E-state index contributed by atoms with van der Waals surface area (Å²) >= 11 is 0. The van der Waals surface area contributed by atoms with E-state index in [9.17, 15) is 14.0 Å². The van der Waals surface area contributed by atoms with Gasteiger partial charge in [0.25, 0.3) is 5.91 Å². The molecule has 8 heteroatoms. The van der Waals surface area contributed by atoms with Crippen LogP contribution >= 0.6 is 0 Å². The number of nitrogens with one attached hydrogen (secondary N) is 1. The van der Waals surface area contributed by atoms with Crippen LogP contribution < -0.4 is 5.32 Å². The molecular weight excluding hydrogens is 303 g/mol. The average molecular weight is 320 g/mol. The van der Waals surface area contributed by atoms with E-state index in [1.54, 1.807) is 0 Å². The Bertz CT molecular complexity index is 697. The second kappa shape index (κ2) is 6.99. The SMILES string of the molecule is CC(C)C[C@@H](NC(=O)c1cnn(-c2ccc(F)cc2)n1)C(=O)O. The maximum atomic E-state index is 12.9. The summed E-state index contributed by atoms with van der Waals surface area (Å²) in [5, 5.41) is 19.5. The molecule has 0 aliphatic heterocycles. The molecule has 122 valence electrons. The van der Waals surface area contributed by atoms with Gasteiger partial charge in [-0.25, -0.2) is 9.18 Å². The third-order valence-corrected chi connectivity index (χ3v) is 3.09. The normalized spacial score (nSPS) is 12.2. The minimum Gasteiger partial charge on any atom is -0.480 e. The first kappa shape index (κ1) is 16.6. The molecule has 0 saturated carbocycles. The Morgan fingerprint density at radius 3 is 2.52 bits per heavy atom. The summed E-state index contributed by atoms with van der Waals surface area (Å²) in [6.07, 6.45) is 1.54. The Morgan fingerprint density at radius 1 is 1.30 bits per heavy atom. The first-order valence-electron chi connectivity index (χ1n) is 7.08. The van der Waals surface area contributed by atoms with Crippen molar-refractivity contribution in [3.8, 4) is 5.69 Å². The van der Waals surface area contributed by atoms with Crippen molar-refractivity contribution in [2.45, 2.75) is 26.3 Å². The van der Waals surface area contributed by atoms with Crippen LogP contribution in [0.25, 0.3) is 5.69 Å². The van der Waals surface area contributed by atoms with Gasteiger partial charge in [-0.05, 0) is 36.6 Å². The van der Waals surface area contributed by atoms with Crippen molar-refractivity contribution in [2.24, 2.45) is 5.92 Å². The standard InChI is InChI=1S/C15H17FN4O3/c1-9(2)7-12(15(22)23)18-14(21)13-8-17-20(19-13)11-5-3-10(16)4-6-11/h3-6,8-9,12H,7H2,1-2H3,(H,18,21)(H,22,23)/t12-/m1/s1. The maximum Gasteiger partial charge on any atom is 0.326 e. The smallest absolute Gasteiger partial charge is 0.326 e. The molecule has 0 bridgehead atoms. The number of aromatic nitrogens is 3. The highest BCUT2D eigenvalue weighted by Crippen LogP contribution is 2.08. The van der Waals surface area contributed by atoms with E-state index in [0.717, 1.165) is 0 Å². The molecule has 0 fully saturated rings. The topological polar surface area (TPSA) is 97.1 Å². The molecule has 2 aromatic rings. The van der Waals surface area contributed by atoms with E-state index >= 15 is 0 Å². The molecule has 2 N–H and O–H groups in total. The largest absolute Gasteiger partial charge is 0.480 e. The first-order chi connectivity index (χ1) is 10.9. The number of hydrogen-bond donors (Lipinski definition) is 2. The molecule has 0 unspecified atom stereocenters. The zero-order valence-corrected chi connectivity index (χ0v) is 12.7. The lowest BCUT2D eigenvalue weighted by Crippen LogP contribution is -2.41. The summed E-state index contributed by atoms with van der Waals surface area (Å²) in [4.78, 5) is 24.4. The van der Waals surface area contributed by atoms with Crippen LogP contribution in [-0.2, 0) is 4.79 Å². The van der Waals surface area contributed by atoms with Crippen molar-refractivity contribution < 1.29 is 19.1 Å². The number of carboxylic acid groups (broad SMARTS) is 1. The van der Waals surface area contributed by atoms with Gasteiger partial charge in [-0.3, -0.25) is 4.79 Å². The predicted molar refractivity (Wildman–Crippen MR) is 79.7 cm³/mol. The van der Waals surface area contributed by atoms with E-state index in [0.29, 0.717) is 12.1 Å². The van der Waals surface area contributed by atoms with Crippen molar-refractivity contribution in [1.29, 1.82) is 0 Å². The Balaban J connectivity index is 2.11. The maximum absolute atomic E-state index is 12.9. The van der Waals surface area contributed by atoms with Gasteiger partial charge in [-0.15, -0.1) is 5.10 Å². The lowest BCUT2D eigenvalue weighted by atomic mass is 10.0. The van der Waals surface area contributed by atoms with Gasteiger partial charge in [0.05, 0.1) is 11.9 Å². The van der Waals surface area contributed by atoms with Gasteiger partial charge >= 0.3 is 5.97 Å². The highest BCUT2D eigenvalue weighted by Gasteiger charge is 2.23. The van der Waals surface area contributed by atoms with Crippen molar-refractivity contribution >= 4 is 11.9 Å². The van der Waals surface area contributed by atoms with Gasteiger partial charge in [-0.2, -0.15) is 9.90 Å². The van der Waals surface area contributed by atoms with E-state index in [4.69, 9.17) is 5.11 Å². The summed E-state index contributed by atoms with van der Waals surface area (Å²) in [6.45, 7) is 3.74. The molecule has 1 aromatic heterocycles. The molecule has 7 nitrogen and oxygen atoms in total. The van der Waals surface area contributed by atoms with Gasteiger partial charge < -0.3 is 10.4 Å². The van der Waals surface area contributed by atoms with Gasteiger partial charge in [-0.1, -0.05) is 13.8 Å². The fourth-order valence-electron chi connectivity index (χ4n) is 1.99. The second-order valence-electron chi connectivity index (χ2n) is 5.49. The highest BCUT2D eigenvalue weighted by atomic mass is 19.1. The molecule has 23 heavy (non-hydrogen) atoms. The number of benzene rings is 1. The monoisotopic (exact) mass is 320 g/mol. The van der Waals surface area contributed by atoms with E-state index in [1.165, 1.54) is 35.3 Å². The molecule has 2 rings (SSSR count). The lowest BCUT2D eigenvalue weighted by molar-refractivity contribution is -0.139. The molecule has 0 aliphatic carbocycles. The summed E-state index contributed by atoms with van der Waals surface area (Å²) in [7, 11) is 0. The quantitative estimate of drug-likeness (QED) is 0.843. The number of carbonyl (C=O) groups is 2. The van der Waals surface area contributed by atoms with Gasteiger partial charge in [0.1, 0.15) is 11.9 Å². The van der Waals surface area contributed by atoms with Crippen molar-refractivity contribution in [2.75, 3.05) is 0 Å². The molecule has 0 aliphatic rings. The lowest BCUT2D eigenvalue weighted by Gasteiger charge is -2.15. The van der Waals surface area contributed by atoms with Crippen molar-refractivity contribution in [1.82, 2.24) is 20.3 Å². The van der Waals surface area contributed by atoms with Crippen LogP contribution in [0.5, 0.6) is 0 Å². The summed E-state index contributed by atoms with van der Waals surface area (Å²) in [5.41, 5.74) is 0.478. The Labute approximate surface area is 132 Å². The van der Waals surface area contributed by atoms with Crippen LogP contribution in [0.15, 0.2) is 30.5 Å². The third-order valence-electron chi connectivity index (χ3n) is 3.09. The van der Waals surface area contributed by atoms with Gasteiger partial charge in [0.15, 0.2) is 5.69 Å². The fourth-order valence-corrected chi connectivity index (χ4v) is 1.99. The number of carboxylic acids is 1. The number of carbonyl (C=O) groups excluding carboxylic acids is 1.